The first-order valence-electron chi connectivity index (χ1n) is 6.18. The van der Waals surface area contributed by atoms with Gasteiger partial charge in [-0.25, -0.2) is 0 Å². The molecule has 0 aliphatic heterocycles. The van der Waals surface area contributed by atoms with Gasteiger partial charge in [0.1, 0.15) is 0 Å². The number of rotatable bonds is 8. The molecule has 0 saturated heterocycles. The van der Waals surface area contributed by atoms with Gasteiger partial charge in [-0.3, -0.25) is 0 Å². The first-order chi connectivity index (χ1) is 9.15. The maximum atomic E-state index is 5.33. The molecule has 1 aromatic carbocycles. The second kappa shape index (κ2) is 8.17. The molecule has 0 amide bonds. The lowest BCUT2D eigenvalue weighted by atomic mass is 10.1. The molecule has 1 rings (SSSR count). The Bertz CT molecular complexity index is 373. The Morgan fingerprint density at radius 3 is 2.11 bits per heavy atom. The van der Waals surface area contributed by atoms with Gasteiger partial charge in [-0.15, -0.1) is 0 Å². The number of hydrogen-bond acceptors (Lipinski definition) is 5. The largest absolute Gasteiger partial charge is 0.493 e. The van der Waals surface area contributed by atoms with Gasteiger partial charge in [0, 0.05) is 18.3 Å². The van der Waals surface area contributed by atoms with Crippen LogP contribution in [0.1, 0.15) is 12.5 Å². The molecule has 0 spiro atoms. The zero-order chi connectivity index (χ0) is 14.3. The summed E-state index contributed by atoms with van der Waals surface area (Å²) in [4.78, 5) is 0. The van der Waals surface area contributed by atoms with Gasteiger partial charge in [0.2, 0.25) is 5.75 Å². The molecule has 1 aromatic rings. The highest BCUT2D eigenvalue weighted by Gasteiger charge is 2.12. The van der Waals surface area contributed by atoms with Crippen LogP contribution in [0.4, 0.5) is 0 Å². The Balaban J connectivity index is 2.79. The summed E-state index contributed by atoms with van der Waals surface area (Å²) >= 11 is 1.85. The number of nitrogens with one attached hydrogen (secondary N) is 1. The van der Waals surface area contributed by atoms with E-state index in [0.717, 1.165) is 18.7 Å². The van der Waals surface area contributed by atoms with Gasteiger partial charge < -0.3 is 19.5 Å². The molecule has 4 nitrogen and oxygen atoms in total. The average molecular weight is 285 g/mol. The van der Waals surface area contributed by atoms with E-state index in [4.69, 9.17) is 14.2 Å². The van der Waals surface area contributed by atoms with E-state index in [1.807, 2.05) is 23.9 Å². The van der Waals surface area contributed by atoms with E-state index in [9.17, 15) is 0 Å². The number of benzene rings is 1. The lowest BCUT2D eigenvalue weighted by Crippen LogP contribution is -2.22. The highest BCUT2D eigenvalue weighted by atomic mass is 32.2. The molecule has 1 N–H and O–H groups in total. The van der Waals surface area contributed by atoms with E-state index in [-0.39, 0.29) is 0 Å². The molecule has 0 saturated carbocycles. The fourth-order valence-electron chi connectivity index (χ4n) is 1.74. The van der Waals surface area contributed by atoms with E-state index in [2.05, 4.69) is 18.5 Å². The van der Waals surface area contributed by atoms with Crippen molar-refractivity contribution in [2.24, 2.45) is 0 Å². The summed E-state index contributed by atoms with van der Waals surface area (Å²) in [6.45, 7) is 3.95. The van der Waals surface area contributed by atoms with Crippen LogP contribution in [0.5, 0.6) is 17.2 Å². The van der Waals surface area contributed by atoms with Gasteiger partial charge in [-0.05, 0) is 24.0 Å². The highest BCUT2D eigenvalue weighted by molar-refractivity contribution is 7.99. The van der Waals surface area contributed by atoms with Crippen LogP contribution in [0.25, 0.3) is 0 Å². The van der Waals surface area contributed by atoms with Gasteiger partial charge in [0.25, 0.3) is 0 Å². The van der Waals surface area contributed by atoms with Crippen molar-refractivity contribution in [3.63, 3.8) is 0 Å². The molecule has 0 fully saturated rings. The maximum Gasteiger partial charge on any atom is 0.203 e. The molecule has 108 valence electrons. The van der Waals surface area contributed by atoms with Crippen LogP contribution in [0, 0.1) is 0 Å². The van der Waals surface area contributed by atoms with Crippen molar-refractivity contribution in [2.45, 2.75) is 18.7 Å². The number of hydrogen-bond donors (Lipinski definition) is 1. The predicted molar refractivity (Wildman–Crippen MR) is 80.8 cm³/mol. The molecule has 19 heavy (non-hydrogen) atoms. The minimum Gasteiger partial charge on any atom is -0.493 e. The van der Waals surface area contributed by atoms with Crippen molar-refractivity contribution in [1.29, 1.82) is 0 Å². The van der Waals surface area contributed by atoms with Crippen molar-refractivity contribution in [1.82, 2.24) is 5.32 Å². The first kappa shape index (κ1) is 16.0. The van der Waals surface area contributed by atoms with Crippen LogP contribution >= 0.6 is 11.8 Å². The summed E-state index contributed by atoms with van der Waals surface area (Å²) in [5.74, 6) is 2.01. The lowest BCUT2D eigenvalue weighted by molar-refractivity contribution is 0.323. The van der Waals surface area contributed by atoms with Crippen LogP contribution in [-0.4, -0.2) is 39.4 Å². The van der Waals surface area contributed by atoms with Crippen molar-refractivity contribution < 1.29 is 14.2 Å². The van der Waals surface area contributed by atoms with Crippen LogP contribution < -0.4 is 19.5 Å². The van der Waals surface area contributed by atoms with E-state index in [1.54, 1.807) is 21.3 Å². The molecular weight excluding hydrogens is 262 g/mol. The number of thioether (sulfide) groups is 1. The third kappa shape index (κ3) is 4.51. The average Bonchev–Trinajstić information content (AvgIpc) is 2.45. The third-order valence-corrected chi connectivity index (χ3v) is 3.86. The van der Waals surface area contributed by atoms with Crippen LogP contribution in [-0.2, 0) is 6.54 Å². The van der Waals surface area contributed by atoms with Crippen molar-refractivity contribution in [2.75, 3.05) is 34.1 Å². The van der Waals surface area contributed by atoms with Crippen LogP contribution in [0.2, 0.25) is 0 Å². The molecule has 0 heterocycles. The van der Waals surface area contributed by atoms with Gasteiger partial charge >= 0.3 is 0 Å². The topological polar surface area (TPSA) is 39.7 Å². The molecule has 5 heteroatoms. The van der Waals surface area contributed by atoms with Gasteiger partial charge in [0.15, 0.2) is 11.5 Å². The summed E-state index contributed by atoms with van der Waals surface area (Å²) in [6, 6.07) is 3.94. The predicted octanol–water partition coefficient (Wildman–Crippen LogP) is 2.55. The second-order valence-corrected chi connectivity index (χ2v) is 5.49. The number of ether oxygens (including phenoxy) is 3. The van der Waals surface area contributed by atoms with Gasteiger partial charge in [-0.1, -0.05) is 6.92 Å². The highest BCUT2D eigenvalue weighted by Crippen LogP contribution is 2.38. The third-order valence-electron chi connectivity index (χ3n) is 2.89. The Morgan fingerprint density at radius 2 is 1.68 bits per heavy atom. The summed E-state index contributed by atoms with van der Waals surface area (Å²) in [5, 5.41) is 4.02. The van der Waals surface area contributed by atoms with Crippen molar-refractivity contribution in [3.05, 3.63) is 17.7 Å². The fourth-order valence-corrected chi connectivity index (χ4v) is 2.03. The SMILES string of the molecule is COc1cc(CNCC(C)SC)cc(OC)c1OC. The van der Waals surface area contributed by atoms with Crippen LogP contribution in [0.3, 0.4) is 0 Å². The standard InChI is InChI=1S/C14H23NO3S/c1-10(19-5)8-15-9-11-6-12(16-2)14(18-4)13(7-11)17-3/h6-7,10,15H,8-9H2,1-5H3. The minimum absolute atomic E-state index is 0.599. The van der Waals surface area contributed by atoms with Crippen molar-refractivity contribution >= 4 is 11.8 Å². The van der Waals surface area contributed by atoms with E-state index < -0.39 is 0 Å². The maximum absolute atomic E-state index is 5.33. The van der Waals surface area contributed by atoms with Crippen molar-refractivity contribution in [3.8, 4) is 17.2 Å². The van der Waals surface area contributed by atoms with Crippen LogP contribution in [0.15, 0.2) is 12.1 Å². The Labute approximate surface area is 119 Å². The summed E-state index contributed by atoms with van der Waals surface area (Å²) in [6.07, 6.45) is 2.12. The zero-order valence-electron chi connectivity index (χ0n) is 12.3. The summed E-state index contributed by atoms with van der Waals surface area (Å²) < 4.78 is 16.0. The molecule has 1 atom stereocenters. The molecule has 0 aliphatic rings. The fraction of sp³-hybridized carbons (Fsp3) is 0.571. The van der Waals surface area contributed by atoms with E-state index in [1.165, 1.54) is 0 Å². The normalized spacial score (nSPS) is 12.1. The summed E-state index contributed by atoms with van der Waals surface area (Å²) in [5.41, 5.74) is 1.11. The molecule has 0 aliphatic carbocycles. The molecular formula is C14H23NO3S. The second-order valence-electron chi connectivity index (χ2n) is 4.21. The Hall–Kier alpha value is -1.07. The molecule has 0 bridgehead atoms. The van der Waals surface area contributed by atoms with Gasteiger partial charge in [-0.2, -0.15) is 11.8 Å². The lowest BCUT2D eigenvalue weighted by Gasteiger charge is -2.15. The minimum atomic E-state index is 0.599. The monoisotopic (exact) mass is 285 g/mol. The summed E-state index contributed by atoms with van der Waals surface area (Å²) in [7, 11) is 4.87. The zero-order valence-corrected chi connectivity index (χ0v) is 13.1. The quantitative estimate of drug-likeness (QED) is 0.795. The number of methoxy groups -OCH3 is 3. The first-order valence-corrected chi connectivity index (χ1v) is 7.47. The Kier molecular flexibility index (Phi) is 6.87. The molecule has 1 unspecified atom stereocenters. The van der Waals surface area contributed by atoms with E-state index in [0.29, 0.717) is 22.5 Å². The molecule has 0 radical (unpaired) electrons. The van der Waals surface area contributed by atoms with E-state index >= 15 is 0 Å². The smallest absolute Gasteiger partial charge is 0.203 e. The Morgan fingerprint density at radius 1 is 1.11 bits per heavy atom. The van der Waals surface area contributed by atoms with Gasteiger partial charge in [0.05, 0.1) is 21.3 Å². The molecule has 0 aromatic heterocycles.